The predicted octanol–water partition coefficient (Wildman–Crippen LogP) is 4.60. The number of ketones is 1. The van der Waals surface area contributed by atoms with Gasteiger partial charge >= 0.3 is 5.97 Å². The molecule has 4 rings (SSSR count). The molecule has 170 valence electrons. The largest absolute Gasteiger partial charge is 0.497 e. The summed E-state index contributed by atoms with van der Waals surface area (Å²) < 4.78 is 10.8. The van der Waals surface area contributed by atoms with Gasteiger partial charge in [0.2, 0.25) is 0 Å². The van der Waals surface area contributed by atoms with Gasteiger partial charge in [-0.2, -0.15) is 0 Å². The number of methoxy groups -OCH3 is 1. The van der Waals surface area contributed by atoms with Crippen molar-refractivity contribution < 1.29 is 23.9 Å². The van der Waals surface area contributed by atoms with Gasteiger partial charge in [-0.1, -0.05) is 60.7 Å². The summed E-state index contributed by atoms with van der Waals surface area (Å²) in [6.07, 6.45) is 4.65. The zero-order chi connectivity index (χ0) is 23.9. The average molecular weight is 453 g/mol. The highest BCUT2D eigenvalue weighted by Gasteiger charge is 2.40. The topological polar surface area (TPSA) is 72.9 Å². The normalized spacial score (nSPS) is 17.6. The lowest BCUT2D eigenvalue weighted by atomic mass is 9.94. The minimum Gasteiger partial charge on any atom is -0.497 e. The predicted molar refractivity (Wildman–Crippen MR) is 128 cm³/mol. The Labute approximate surface area is 197 Å². The van der Waals surface area contributed by atoms with Crippen LogP contribution in [0.5, 0.6) is 5.75 Å². The molecule has 0 saturated carbocycles. The third-order valence-corrected chi connectivity index (χ3v) is 5.44. The molecule has 0 aromatic heterocycles. The monoisotopic (exact) mass is 453 g/mol. The van der Waals surface area contributed by atoms with Crippen molar-refractivity contribution in [3.63, 3.8) is 0 Å². The highest BCUT2D eigenvalue weighted by Crippen LogP contribution is 2.32. The first-order chi connectivity index (χ1) is 16.6. The van der Waals surface area contributed by atoms with Crippen molar-refractivity contribution in [3.05, 3.63) is 120 Å². The third-order valence-electron chi connectivity index (χ3n) is 5.44. The lowest BCUT2D eigenvalue weighted by molar-refractivity contribution is -0.135. The fourth-order valence-electron chi connectivity index (χ4n) is 3.69. The second-order valence-corrected chi connectivity index (χ2v) is 7.62. The van der Waals surface area contributed by atoms with Gasteiger partial charge in [0.1, 0.15) is 11.8 Å². The van der Waals surface area contributed by atoms with Crippen LogP contribution in [0.3, 0.4) is 0 Å². The quantitative estimate of drug-likeness (QED) is 0.403. The van der Waals surface area contributed by atoms with Crippen molar-refractivity contribution >= 4 is 23.7 Å². The molecule has 0 fully saturated rings. The second kappa shape index (κ2) is 10.4. The number of benzene rings is 3. The van der Waals surface area contributed by atoms with Gasteiger partial charge in [-0.25, -0.2) is 4.79 Å². The molecular formula is C28H23NO5. The van der Waals surface area contributed by atoms with Crippen LogP contribution in [0.15, 0.2) is 103 Å². The Hall–Kier alpha value is -4.45. The Morgan fingerprint density at radius 2 is 1.53 bits per heavy atom. The van der Waals surface area contributed by atoms with E-state index < -0.39 is 23.9 Å². The van der Waals surface area contributed by atoms with Crippen LogP contribution in [0.25, 0.3) is 6.08 Å². The number of carbonyl (C=O) groups excluding carboxylic acids is 3. The first-order valence-corrected chi connectivity index (χ1v) is 10.7. The minimum atomic E-state index is -1.20. The highest BCUT2D eigenvalue weighted by molar-refractivity contribution is 6.01. The molecule has 3 aromatic carbocycles. The molecule has 1 aliphatic rings. The van der Waals surface area contributed by atoms with Crippen LogP contribution in [0, 0.1) is 0 Å². The number of carbonyl (C=O) groups is 3. The van der Waals surface area contributed by atoms with Gasteiger partial charge in [-0.3, -0.25) is 9.59 Å². The summed E-state index contributed by atoms with van der Waals surface area (Å²) in [6.45, 7) is 0. The van der Waals surface area contributed by atoms with E-state index in [1.165, 1.54) is 30.4 Å². The van der Waals surface area contributed by atoms with Gasteiger partial charge in [0, 0.05) is 18.4 Å². The molecule has 2 atom stereocenters. The van der Waals surface area contributed by atoms with E-state index in [4.69, 9.17) is 9.47 Å². The molecule has 6 heteroatoms. The zero-order valence-corrected chi connectivity index (χ0v) is 18.5. The average Bonchev–Trinajstić information content (AvgIpc) is 2.89. The third kappa shape index (κ3) is 5.13. The number of amides is 1. The van der Waals surface area contributed by atoms with E-state index in [0.29, 0.717) is 11.3 Å². The number of esters is 1. The van der Waals surface area contributed by atoms with E-state index in [1.807, 2.05) is 48.5 Å². The van der Waals surface area contributed by atoms with Gasteiger partial charge in [-0.05, 0) is 41.5 Å². The van der Waals surface area contributed by atoms with Crippen molar-refractivity contribution in [2.24, 2.45) is 0 Å². The van der Waals surface area contributed by atoms with Crippen LogP contribution in [0.2, 0.25) is 0 Å². The van der Waals surface area contributed by atoms with Crippen molar-refractivity contribution in [2.75, 3.05) is 7.11 Å². The fourth-order valence-corrected chi connectivity index (χ4v) is 3.69. The van der Waals surface area contributed by atoms with E-state index in [0.717, 1.165) is 5.56 Å². The summed E-state index contributed by atoms with van der Waals surface area (Å²) in [5.41, 5.74) is 1.82. The molecule has 0 radical (unpaired) electrons. The Morgan fingerprint density at radius 3 is 2.18 bits per heavy atom. The van der Waals surface area contributed by atoms with Gasteiger partial charge in [0.15, 0.2) is 11.9 Å². The molecule has 0 bridgehead atoms. The van der Waals surface area contributed by atoms with Crippen molar-refractivity contribution in [1.82, 2.24) is 4.90 Å². The number of rotatable bonds is 6. The Balaban J connectivity index is 1.63. The van der Waals surface area contributed by atoms with Crippen molar-refractivity contribution in [1.29, 1.82) is 0 Å². The Bertz CT molecular complexity index is 1220. The molecule has 34 heavy (non-hydrogen) atoms. The Kier molecular flexibility index (Phi) is 6.98. The smallest absolute Gasteiger partial charge is 0.338 e. The van der Waals surface area contributed by atoms with Crippen LogP contribution in [0.4, 0.5) is 0 Å². The summed E-state index contributed by atoms with van der Waals surface area (Å²) in [4.78, 5) is 40.3. The molecular weight excluding hydrogens is 430 g/mol. The van der Waals surface area contributed by atoms with Crippen LogP contribution in [0.1, 0.15) is 27.5 Å². The molecule has 1 amide bonds. The van der Waals surface area contributed by atoms with Crippen molar-refractivity contribution in [3.8, 4) is 5.75 Å². The Morgan fingerprint density at radius 1 is 0.882 bits per heavy atom. The number of nitrogens with zero attached hydrogens (tertiary/aromatic N) is 1. The molecule has 1 aliphatic heterocycles. The number of ether oxygens (including phenoxy) is 2. The lowest BCUT2D eigenvalue weighted by Gasteiger charge is -2.36. The summed E-state index contributed by atoms with van der Waals surface area (Å²) in [6, 6.07) is 24.1. The van der Waals surface area contributed by atoms with Crippen LogP contribution < -0.4 is 4.74 Å². The zero-order valence-electron chi connectivity index (χ0n) is 18.5. The van der Waals surface area contributed by atoms with E-state index in [9.17, 15) is 14.4 Å². The first-order valence-electron chi connectivity index (χ1n) is 10.7. The van der Waals surface area contributed by atoms with E-state index in [-0.39, 0.29) is 11.5 Å². The maximum Gasteiger partial charge on any atom is 0.338 e. The van der Waals surface area contributed by atoms with E-state index in [2.05, 4.69) is 0 Å². The standard InChI is InChI=1S/C28H23NO5/c1-33-23-15-13-22(14-16-23)28(32)34-27-24(30)18-19-29(26(27)21-10-6-3-7-11-21)25(31)17-12-20-8-4-2-5-9-20/h2-19,26-27H,1H3/b17-12+/t26-,27+/m1/s1. The van der Waals surface area contributed by atoms with E-state index in [1.54, 1.807) is 42.5 Å². The molecule has 6 nitrogen and oxygen atoms in total. The van der Waals surface area contributed by atoms with Gasteiger partial charge in [0.05, 0.1) is 12.7 Å². The molecule has 0 aliphatic carbocycles. The number of hydrogen-bond donors (Lipinski definition) is 0. The molecule has 0 N–H and O–H groups in total. The number of hydrogen-bond acceptors (Lipinski definition) is 5. The molecule has 1 heterocycles. The molecule has 0 spiro atoms. The van der Waals surface area contributed by atoms with Gasteiger partial charge in [0.25, 0.3) is 5.91 Å². The van der Waals surface area contributed by atoms with Crippen LogP contribution >= 0.6 is 0 Å². The maximum atomic E-state index is 13.2. The highest BCUT2D eigenvalue weighted by atomic mass is 16.5. The van der Waals surface area contributed by atoms with Gasteiger partial charge < -0.3 is 14.4 Å². The van der Waals surface area contributed by atoms with Crippen LogP contribution in [-0.4, -0.2) is 35.8 Å². The lowest BCUT2D eigenvalue weighted by Crippen LogP contribution is -2.45. The summed E-state index contributed by atoms with van der Waals surface area (Å²) in [5.74, 6) is -0.805. The molecule has 0 unspecified atom stereocenters. The van der Waals surface area contributed by atoms with Crippen molar-refractivity contribution in [2.45, 2.75) is 12.1 Å². The fraction of sp³-hybridized carbons (Fsp3) is 0.107. The van der Waals surface area contributed by atoms with Crippen LogP contribution in [-0.2, 0) is 14.3 Å². The molecule has 3 aromatic rings. The summed E-state index contributed by atoms with van der Waals surface area (Å²) in [5, 5.41) is 0. The molecule has 0 saturated heterocycles. The summed E-state index contributed by atoms with van der Waals surface area (Å²) >= 11 is 0. The minimum absolute atomic E-state index is 0.275. The van der Waals surface area contributed by atoms with E-state index >= 15 is 0 Å². The second-order valence-electron chi connectivity index (χ2n) is 7.62. The van der Waals surface area contributed by atoms with Gasteiger partial charge in [-0.15, -0.1) is 0 Å². The SMILES string of the molecule is COc1ccc(C(=O)O[C@H]2C(=O)C=CN(C(=O)/C=C/c3ccccc3)[C@@H]2c2ccccc2)cc1. The maximum absolute atomic E-state index is 13.2. The summed E-state index contributed by atoms with van der Waals surface area (Å²) in [7, 11) is 1.53. The first kappa shape index (κ1) is 22.7.